The molecule has 0 spiro atoms. The number of hydrogen-bond donors (Lipinski definition) is 1. The Kier molecular flexibility index (Phi) is 4.39. The first kappa shape index (κ1) is 13.8. The standard InChI is InChI=1S/C13H16ClN3O2/c1-3-11(15)12-16-13(19-17-12)8(2)18-10-6-4-5-9(14)7-10/h4-8,11H,3,15H2,1-2H3. The van der Waals surface area contributed by atoms with Gasteiger partial charge in [-0.15, -0.1) is 0 Å². The molecule has 0 saturated heterocycles. The predicted octanol–water partition coefficient (Wildman–Crippen LogP) is 3.27. The molecule has 2 rings (SSSR count). The second-order valence-electron chi connectivity index (χ2n) is 4.22. The molecule has 1 heterocycles. The van der Waals surface area contributed by atoms with E-state index in [0.29, 0.717) is 22.5 Å². The van der Waals surface area contributed by atoms with Crippen molar-refractivity contribution in [2.24, 2.45) is 5.73 Å². The van der Waals surface area contributed by atoms with Gasteiger partial charge in [0, 0.05) is 5.02 Å². The SMILES string of the molecule is CCC(N)c1noc(C(C)Oc2cccc(Cl)c2)n1. The zero-order chi connectivity index (χ0) is 13.8. The Hall–Kier alpha value is -1.59. The monoisotopic (exact) mass is 281 g/mol. The molecule has 0 amide bonds. The van der Waals surface area contributed by atoms with Gasteiger partial charge in [0.05, 0.1) is 6.04 Å². The molecule has 19 heavy (non-hydrogen) atoms. The van der Waals surface area contributed by atoms with E-state index in [1.165, 1.54) is 0 Å². The van der Waals surface area contributed by atoms with Crippen molar-refractivity contribution in [3.8, 4) is 5.75 Å². The van der Waals surface area contributed by atoms with Crippen LogP contribution in [0.15, 0.2) is 28.8 Å². The molecule has 0 radical (unpaired) electrons. The number of rotatable bonds is 5. The maximum atomic E-state index is 5.89. The van der Waals surface area contributed by atoms with Gasteiger partial charge in [0.15, 0.2) is 11.9 Å². The smallest absolute Gasteiger partial charge is 0.267 e. The molecule has 5 nitrogen and oxygen atoms in total. The van der Waals surface area contributed by atoms with Crippen LogP contribution in [0.1, 0.15) is 44.1 Å². The first-order valence-electron chi connectivity index (χ1n) is 6.11. The molecule has 2 atom stereocenters. The number of nitrogens with zero attached hydrogens (tertiary/aromatic N) is 2. The summed E-state index contributed by atoms with van der Waals surface area (Å²) in [6.45, 7) is 3.79. The number of nitrogens with two attached hydrogens (primary N) is 1. The Balaban J connectivity index is 2.07. The number of aromatic nitrogens is 2. The largest absolute Gasteiger partial charge is 0.481 e. The Morgan fingerprint density at radius 2 is 2.26 bits per heavy atom. The van der Waals surface area contributed by atoms with Crippen molar-refractivity contribution in [1.29, 1.82) is 0 Å². The van der Waals surface area contributed by atoms with Crippen molar-refractivity contribution in [2.75, 3.05) is 0 Å². The summed E-state index contributed by atoms with van der Waals surface area (Å²) in [6, 6.07) is 6.93. The van der Waals surface area contributed by atoms with Gasteiger partial charge in [0.1, 0.15) is 5.75 Å². The van der Waals surface area contributed by atoms with Crippen molar-refractivity contribution in [3.63, 3.8) is 0 Å². The fourth-order valence-corrected chi connectivity index (χ4v) is 1.72. The van der Waals surface area contributed by atoms with Crippen LogP contribution >= 0.6 is 11.6 Å². The third-order valence-electron chi connectivity index (χ3n) is 2.69. The third-order valence-corrected chi connectivity index (χ3v) is 2.92. The van der Waals surface area contributed by atoms with Gasteiger partial charge in [-0.25, -0.2) is 0 Å². The zero-order valence-corrected chi connectivity index (χ0v) is 11.6. The van der Waals surface area contributed by atoms with Gasteiger partial charge >= 0.3 is 0 Å². The highest BCUT2D eigenvalue weighted by atomic mass is 35.5. The number of hydrogen-bond acceptors (Lipinski definition) is 5. The van der Waals surface area contributed by atoms with Crippen molar-refractivity contribution in [1.82, 2.24) is 10.1 Å². The van der Waals surface area contributed by atoms with Crippen LogP contribution in [-0.2, 0) is 0 Å². The van der Waals surface area contributed by atoms with E-state index in [0.717, 1.165) is 6.42 Å². The minimum Gasteiger partial charge on any atom is -0.481 e. The lowest BCUT2D eigenvalue weighted by molar-refractivity contribution is 0.175. The second-order valence-corrected chi connectivity index (χ2v) is 4.66. The molecule has 2 unspecified atom stereocenters. The van der Waals surface area contributed by atoms with Crippen molar-refractivity contribution >= 4 is 11.6 Å². The maximum absolute atomic E-state index is 5.89. The summed E-state index contributed by atoms with van der Waals surface area (Å²) in [7, 11) is 0. The minimum atomic E-state index is -0.358. The molecule has 1 aromatic heterocycles. The molecule has 0 bridgehead atoms. The van der Waals surface area contributed by atoms with Crippen LogP contribution in [0.4, 0.5) is 0 Å². The number of halogens is 1. The van der Waals surface area contributed by atoms with Crippen molar-refractivity contribution in [2.45, 2.75) is 32.4 Å². The Labute approximate surface area is 116 Å². The Morgan fingerprint density at radius 1 is 1.47 bits per heavy atom. The molecular formula is C13H16ClN3O2. The van der Waals surface area contributed by atoms with Crippen molar-refractivity contribution in [3.05, 3.63) is 41.0 Å². The van der Waals surface area contributed by atoms with E-state index in [1.807, 2.05) is 26.0 Å². The minimum absolute atomic E-state index is 0.212. The lowest BCUT2D eigenvalue weighted by Gasteiger charge is -2.10. The average Bonchev–Trinajstić information content (AvgIpc) is 2.87. The lowest BCUT2D eigenvalue weighted by atomic mass is 10.2. The highest BCUT2D eigenvalue weighted by Gasteiger charge is 2.18. The van der Waals surface area contributed by atoms with Crippen LogP contribution in [0.2, 0.25) is 5.02 Å². The van der Waals surface area contributed by atoms with Crippen LogP contribution in [0.5, 0.6) is 5.75 Å². The van der Waals surface area contributed by atoms with Gasteiger partial charge in [-0.1, -0.05) is 29.7 Å². The summed E-state index contributed by atoms with van der Waals surface area (Å²) in [5, 5.41) is 4.46. The highest BCUT2D eigenvalue weighted by Crippen LogP contribution is 2.24. The molecular weight excluding hydrogens is 266 g/mol. The van der Waals surface area contributed by atoms with Crippen LogP contribution < -0.4 is 10.5 Å². The van der Waals surface area contributed by atoms with E-state index >= 15 is 0 Å². The third kappa shape index (κ3) is 3.45. The van der Waals surface area contributed by atoms with Crippen LogP contribution in [-0.4, -0.2) is 10.1 Å². The summed E-state index contributed by atoms with van der Waals surface area (Å²) in [4.78, 5) is 4.24. The highest BCUT2D eigenvalue weighted by molar-refractivity contribution is 6.30. The molecule has 0 aliphatic heterocycles. The van der Waals surface area contributed by atoms with E-state index in [1.54, 1.807) is 12.1 Å². The average molecular weight is 282 g/mol. The van der Waals surface area contributed by atoms with Gasteiger partial charge in [0.25, 0.3) is 5.89 Å². The molecule has 0 aliphatic rings. The summed E-state index contributed by atoms with van der Waals surface area (Å²) in [6.07, 6.45) is 0.395. The molecule has 2 aromatic rings. The van der Waals surface area contributed by atoms with Gasteiger partial charge in [-0.3, -0.25) is 0 Å². The quantitative estimate of drug-likeness (QED) is 0.910. The molecule has 0 fully saturated rings. The van der Waals surface area contributed by atoms with Crippen LogP contribution in [0, 0.1) is 0 Å². The maximum Gasteiger partial charge on any atom is 0.267 e. The number of benzene rings is 1. The molecule has 2 N–H and O–H groups in total. The van der Waals surface area contributed by atoms with E-state index < -0.39 is 0 Å². The summed E-state index contributed by atoms with van der Waals surface area (Å²) in [5.74, 6) is 1.55. The fraction of sp³-hybridized carbons (Fsp3) is 0.385. The predicted molar refractivity (Wildman–Crippen MR) is 72.0 cm³/mol. The summed E-state index contributed by atoms with van der Waals surface area (Å²) in [5.41, 5.74) is 5.84. The molecule has 0 saturated carbocycles. The lowest BCUT2D eigenvalue weighted by Crippen LogP contribution is -2.11. The normalized spacial score (nSPS) is 14.1. The van der Waals surface area contributed by atoms with E-state index in [4.69, 9.17) is 26.6 Å². The van der Waals surface area contributed by atoms with Crippen molar-refractivity contribution < 1.29 is 9.26 Å². The second kappa shape index (κ2) is 6.04. The van der Waals surface area contributed by atoms with Gasteiger partial charge in [-0.05, 0) is 31.5 Å². The molecule has 6 heteroatoms. The Bertz CT molecular complexity index is 544. The van der Waals surface area contributed by atoms with Crippen LogP contribution in [0.25, 0.3) is 0 Å². The first-order chi connectivity index (χ1) is 9.10. The van der Waals surface area contributed by atoms with E-state index in [-0.39, 0.29) is 12.1 Å². The summed E-state index contributed by atoms with van der Waals surface area (Å²) < 4.78 is 10.8. The molecule has 1 aromatic carbocycles. The summed E-state index contributed by atoms with van der Waals surface area (Å²) >= 11 is 5.89. The van der Waals surface area contributed by atoms with Gasteiger partial charge in [-0.2, -0.15) is 4.98 Å². The first-order valence-corrected chi connectivity index (χ1v) is 6.49. The van der Waals surface area contributed by atoms with E-state index in [9.17, 15) is 0 Å². The van der Waals surface area contributed by atoms with Gasteiger partial charge < -0.3 is 15.0 Å². The fourth-order valence-electron chi connectivity index (χ4n) is 1.54. The topological polar surface area (TPSA) is 74.2 Å². The Morgan fingerprint density at radius 3 is 2.95 bits per heavy atom. The number of ether oxygens (including phenoxy) is 1. The van der Waals surface area contributed by atoms with E-state index in [2.05, 4.69) is 10.1 Å². The zero-order valence-electron chi connectivity index (χ0n) is 10.8. The van der Waals surface area contributed by atoms with Crippen LogP contribution in [0.3, 0.4) is 0 Å². The molecule has 0 aliphatic carbocycles. The van der Waals surface area contributed by atoms with Gasteiger partial charge in [0.2, 0.25) is 0 Å². The molecule has 102 valence electrons.